The van der Waals surface area contributed by atoms with Crippen molar-refractivity contribution < 1.29 is 4.39 Å². The highest BCUT2D eigenvalue weighted by atomic mass is 19.1. The lowest BCUT2D eigenvalue weighted by Crippen LogP contribution is -2.24. The van der Waals surface area contributed by atoms with Gasteiger partial charge in [-0.15, -0.1) is 0 Å². The number of hydrogen-bond acceptors (Lipinski definition) is 4. The van der Waals surface area contributed by atoms with Crippen LogP contribution >= 0.6 is 0 Å². The van der Waals surface area contributed by atoms with Crippen molar-refractivity contribution in [3.8, 4) is 0 Å². The highest BCUT2D eigenvalue weighted by molar-refractivity contribution is 5.34. The lowest BCUT2D eigenvalue weighted by atomic mass is 10.1. The molecule has 1 aromatic carbocycles. The monoisotopic (exact) mass is 322 g/mol. The van der Waals surface area contributed by atoms with E-state index < -0.39 is 5.82 Å². The molecule has 0 fully saturated rings. The van der Waals surface area contributed by atoms with Crippen molar-refractivity contribution in [3.05, 3.63) is 83.7 Å². The van der Waals surface area contributed by atoms with E-state index >= 15 is 0 Å². The van der Waals surface area contributed by atoms with Crippen LogP contribution in [0.1, 0.15) is 23.6 Å². The minimum Gasteiger partial charge on any atom is -0.332 e. The van der Waals surface area contributed by atoms with Gasteiger partial charge in [0.2, 0.25) is 5.95 Å². The second kappa shape index (κ2) is 7.64. The number of nitrogens with zero attached hydrogens (tertiary/aromatic N) is 4. The van der Waals surface area contributed by atoms with Gasteiger partial charge in [-0.3, -0.25) is 4.98 Å². The minimum atomic E-state index is -0.438. The van der Waals surface area contributed by atoms with Crippen molar-refractivity contribution in [3.63, 3.8) is 0 Å². The van der Waals surface area contributed by atoms with Gasteiger partial charge in [-0.1, -0.05) is 37.3 Å². The van der Waals surface area contributed by atoms with Gasteiger partial charge < -0.3 is 4.90 Å². The summed E-state index contributed by atoms with van der Waals surface area (Å²) in [6.45, 7) is 3.38. The van der Waals surface area contributed by atoms with Crippen molar-refractivity contribution in [2.24, 2.45) is 0 Å². The zero-order valence-electron chi connectivity index (χ0n) is 13.6. The van der Waals surface area contributed by atoms with Crippen LogP contribution in [0.3, 0.4) is 0 Å². The first-order valence-electron chi connectivity index (χ1n) is 7.94. The maximum absolute atomic E-state index is 13.1. The summed E-state index contributed by atoms with van der Waals surface area (Å²) in [6.07, 6.45) is 6.96. The fraction of sp³-hybridized carbons (Fsp3) is 0.211. The molecule has 0 unspecified atom stereocenters. The van der Waals surface area contributed by atoms with E-state index in [1.807, 2.05) is 23.2 Å². The molecular formula is C19H19FN4. The van der Waals surface area contributed by atoms with E-state index in [0.717, 1.165) is 17.5 Å². The molecule has 0 N–H and O–H groups in total. The van der Waals surface area contributed by atoms with Crippen molar-refractivity contribution in [2.45, 2.75) is 26.4 Å². The highest BCUT2D eigenvalue weighted by Gasteiger charge is 2.12. The molecule has 0 radical (unpaired) electrons. The van der Waals surface area contributed by atoms with Crippen LogP contribution in [0.5, 0.6) is 0 Å². The molecule has 0 aliphatic heterocycles. The number of aryl methyl sites for hydroxylation is 1. The van der Waals surface area contributed by atoms with Crippen molar-refractivity contribution in [2.75, 3.05) is 4.90 Å². The number of aromatic nitrogens is 3. The van der Waals surface area contributed by atoms with E-state index in [-0.39, 0.29) is 0 Å². The molecule has 122 valence electrons. The third-order valence-electron chi connectivity index (χ3n) is 3.79. The topological polar surface area (TPSA) is 41.9 Å². The van der Waals surface area contributed by atoms with Gasteiger partial charge in [-0.25, -0.2) is 14.4 Å². The molecule has 0 aliphatic rings. The Labute approximate surface area is 141 Å². The molecule has 0 bridgehead atoms. The normalized spacial score (nSPS) is 10.6. The van der Waals surface area contributed by atoms with Crippen LogP contribution in [0.4, 0.5) is 10.3 Å². The van der Waals surface area contributed by atoms with Gasteiger partial charge in [0.05, 0.1) is 12.4 Å². The first kappa shape index (κ1) is 16.1. The molecule has 3 rings (SSSR count). The molecule has 0 saturated carbocycles. The summed E-state index contributed by atoms with van der Waals surface area (Å²) in [7, 11) is 0. The molecule has 0 saturated heterocycles. The molecular weight excluding hydrogens is 303 g/mol. The van der Waals surface area contributed by atoms with Crippen molar-refractivity contribution in [1.82, 2.24) is 15.0 Å². The smallest absolute Gasteiger partial charge is 0.226 e. The molecule has 0 aliphatic carbocycles. The van der Waals surface area contributed by atoms with Crippen molar-refractivity contribution in [1.29, 1.82) is 0 Å². The van der Waals surface area contributed by atoms with Gasteiger partial charge in [-0.2, -0.15) is 0 Å². The van der Waals surface area contributed by atoms with Gasteiger partial charge in [-0.05, 0) is 29.2 Å². The maximum atomic E-state index is 13.1. The summed E-state index contributed by atoms with van der Waals surface area (Å²) in [5, 5.41) is 0. The Hall–Kier alpha value is -2.82. The molecule has 0 spiro atoms. The van der Waals surface area contributed by atoms with E-state index in [0.29, 0.717) is 19.0 Å². The lowest BCUT2D eigenvalue weighted by Gasteiger charge is -2.22. The van der Waals surface area contributed by atoms with Crippen LogP contribution in [0.15, 0.2) is 61.2 Å². The lowest BCUT2D eigenvalue weighted by molar-refractivity contribution is 0.610. The first-order chi connectivity index (χ1) is 11.7. The van der Waals surface area contributed by atoms with Gasteiger partial charge in [0.1, 0.15) is 0 Å². The number of pyridine rings is 1. The summed E-state index contributed by atoms with van der Waals surface area (Å²) in [5.74, 6) is 0.0622. The minimum absolute atomic E-state index is 0.438. The quantitative estimate of drug-likeness (QED) is 0.692. The van der Waals surface area contributed by atoms with E-state index in [1.165, 1.54) is 18.0 Å². The summed E-state index contributed by atoms with van der Waals surface area (Å²) in [6, 6.07) is 12.4. The Morgan fingerprint density at radius 1 is 0.875 bits per heavy atom. The first-order valence-corrected chi connectivity index (χ1v) is 7.94. The molecule has 5 heteroatoms. The standard InChI is InChI=1S/C19H19FN4/c1-2-15-5-7-16(8-6-15)13-24(14-17-4-3-9-21-10-17)19-22-11-18(20)12-23-19/h3-12H,2,13-14H2,1H3. The zero-order valence-corrected chi connectivity index (χ0v) is 13.6. The number of benzene rings is 1. The van der Waals surface area contributed by atoms with Crippen LogP contribution in [-0.2, 0) is 19.5 Å². The number of anilines is 1. The van der Waals surface area contributed by atoms with Crippen molar-refractivity contribution >= 4 is 5.95 Å². The van der Waals surface area contributed by atoms with E-state index in [9.17, 15) is 4.39 Å². The van der Waals surface area contributed by atoms with E-state index in [1.54, 1.807) is 6.20 Å². The fourth-order valence-electron chi connectivity index (χ4n) is 2.48. The highest BCUT2D eigenvalue weighted by Crippen LogP contribution is 2.16. The largest absolute Gasteiger partial charge is 0.332 e. The molecule has 3 aromatic rings. The maximum Gasteiger partial charge on any atom is 0.226 e. The van der Waals surface area contributed by atoms with Gasteiger partial charge in [0, 0.05) is 25.5 Å². The number of rotatable bonds is 6. The Bertz CT molecular complexity index is 758. The summed E-state index contributed by atoms with van der Waals surface area (Å²) in [5.41, 5.74) is 3.51. The van der Waals surface area contributed by atoms with Gasteiger partial charge in [0.25, 0.3) is 0 Å². The van der Waals surface area contributed by atoms with Crippen LogP contribution < -0.4 is 4.90 Å². The predicted octanol–water partition coefficient (Wildman–Crippen LogP) is 3.78. The van der Waals surface area contributed by atoms with Crippen LogP contribution in [-0.4, -0.2) is 15.0 Å². The zero-order chi connectivity index (χ0) is 16.8. The third kappa shape index (κ3) is 4.13. The average molecular weight is 322 g/mol. The summed E-state index contributed by atoms with van der Waals surface area (Å²) < 4.78 is 13.1. The molecule has 4 nitrogen and oxygen atoms in total. The molecule has 0 amide bonds. The number of halogens is 1. The van der Waals surface area contributed by atoms with E-state index in [4.69, 9.17) is 0 Å². The Balaban J connectivity index is 1.84. The second-order valence-electron chi connectivity index (χ2n) is 5.59. The summed E-state index contributed by atoms with van der Waals surface area (Å²) >= 11 is 0. The molecule has 24 heavy (non-hydrogen) atoms. The van der Waals surface area contributed by atoms with Crippen LogP contribution in [0.25, 0.3) is 0 Å². The average Bonchev–Trinajstić information content (AvgIpc) is 2.63. The number of hydrogen-bond donors (Lipinski definition) is 0. The second-order valence-corrected chi connectivity index (χ2v) is 5.59. The van der Waals surface area contributed by atoms with E-state index in [2.05, 4.69) is 46.1 Å². The Morgan fingerprint density at radius 2 is 1.54 bits per heavy atom. The molecule has 2 aromatic heterocycles. The summed E-state index contributed by atoms with van der Waals surface area (Å²) in [4.78, 5) is 14.4. The van der Waals surface area contributed by atoms with Crippen LogP contribution in [0.2, 0.25) is 0 Å². The van der Waals surface area contributed by atoms with Crippen LogP contribution in [0, 0.1) is 5.82 Å². The van der Waals surface area contributed by atoms with Gasteiger partial charge >= 0.3 is 0 Å². The molecule has 0 atom stereocenters. The third-order valence-corrected chi connectivity index (χ3v) is 3.79. The molecule has 2 heterocycles. The van der Waals surface area contributed by atoms with Gasteiger partial charge in [0.15, 0.2) is 5.82 Å². The predicted molar refractivity (Wildman–Crippen MR) is 91.9 cm³/mol. The Kier molecular flexibility index (Phi) is 5.11. The SMILES string of the molecule is CCc1ccc(CN(Cc2cccnc2)c2ncc(F)cn2)cc1. The fourth-order valence-corrected chi connectivity index (χ4v) is 2.48. The Morgan fingerprint density at radius 3 is 2.17 bits per heavy atom.